The number of hydrogen-bond acceptors (Lipinski definition) is 6. The fourth-order valence-electron chi connectivity index (χ4n) is 3.65. The molecular formula is C26H26N4O5. The monoisotopic (exact) mass is 474 g/mol. The number of carbonyl (C=O) groups is 3. The lowest BCUT2D eigenvalue weighted by molar-refractivity contribution is -0.139. The minimum Gasteiger partial charge on any atom is -0.480 e. The second-order valence-electron chi connectivity index (χ2n) is 8.46. The summed E-state index contributed by atoms with van der Waals surface area (Å²) >= 11 is 0. The Balaban J connectivity index is 1.42. The van der Waals surface area contributed by atoms with Gasteiger partial charge in [-0.3, -0.25) is 15.1 Å². The zero-order valence-electron chi connectivity index (χ0n) is 19.2. The van der Waals surface area contributed by atoms with E-state index in [-0.39, 0.29) is 5.82 Å². The Morgan fingerprint density at radius 2 is 1.71 bits per heavy atom. The van der Waals surface area contributed by atoms with Crippen molar-refractivity contribution in [3.63, 3.8) is 0 Å². The van der Waals surface area contributed by atoms with E-state index < -0.39 is 30.1 Å². The summed E-state index contributed by atoms with van der Waals surface area (Å²) in [4.78, 5) is 45.0. The molecule has 0 spiro atoms. The minimum absolute atomic E-state index is 0.213. The molecule has 4 rings (SSSR count). The normalized spacial score (nSPS) is 14.4. The van der Waals surface area contributed by atoms with Gasteiger partial charge in [0.25, 0.3) is 5.91 Å². The summed E-state index contributed by atoms with van der Waals surface area (Å²) in [6, 6.07) is 14.9. The number of anilines is 1. The molecular weight excluding hydrogens is 448 g/mol. The number of carbonyl (C=O) groups excluding carboxylic acids is 2. The van der Waals surface area contributed by atoms with E-state index >= 15 is 0 Å². The molecule has 3 aromatic rings. The van der Waals surface area contributed by atoms with Crippen LogP contribution in [0.25, 0.3) is 11.3 Å². The predicted molar refractivity (Wildman–Crippen MR) is 129 cm³/mol. The van der Waals surface area contributed by atoms with Gasteiger partial charge in [-0.1, -0.05) is 55.3 Å². The van der Waals surface area contributed by atoms with Gasteiger partial charge in [-0.2, -0.15) is 0 Å². The van der Waals surface area contributed by atoms with Crippen LogP contribution in [0.15, 0.2) is 67.0 Å². The Morgan fingerprint density at radius 3 is 2.37 bits per heavy atom. The fraction of sp³-hybridized carbons (Fsp3) is 0.269. The van der Waals surface area contributed by atoms with Crippen LogP contribution in [0.4, 0.5) is 10.6 Å². The number of amides is 2. The Morgan fingerprint density at radius 1 is 1.03 bits per heavy atom. The van der Waals surface area contributed by atoms with E-state index in [4.69, 9.17) is 4.74 Å². The molecule has 0 aliphatic heterocycles. The molecule has 1 heterocycles. The molecule has 9 heteroatoms. The summed E-state index contributed by atoms with van der Waals surface area (Å²) in [7, 11) is 0. The van der Waals surface area contributed by atoms with Crippen LogP contribution in [-0.2, 0) is 9.53 Å². The van der Waals surface area contributed by atoms with Crippen LogP contribution in [0.2, 0.25) is 0 Å². The third kappa shape index (κ3) is 6.41. The number of ether oxygens (including phenoxy) is 1. The van der Waals surface area contributed by atoms with Gasteiger partial charge in [-0.15, -0.1) is 0 Å². The van der Waals surface area contributed by atoms with Crippen LogP contribution in [0.5, 0.6) is 0 Å². The molecule has 2 atom stereocenters. The van der Waals surface area contributed by atoms with E-state index in [1.54, 1.807) is 31.2 Å². The number of carboxylic acid groups (broad SMARTS) is 1. The quantitative estimate of drug-likeness (QED) is 0.418. The largest absolute Gasteiger partial charge is 0.480 e. The van der Waals surface area contributed by atoms with Crippen molar-refractivity contribution in [2.45, 2.75) is 38.3 Å². The third-order valence-corrected chi connectivity index (χ3v) is 5.76. The van der Waals surface area contributed by atoms with E-state index in [1.807, 2.05) is 30.3 Å². The molecule has 1 fully saturated rings. The Kier molecular flexibility index (Phi) is 7.35. The van der Waals surface area contributed by atoms with Gasteiger partial charge in [-0.25, -0.2) is 14.6 Å². The van der Waals surface area contributed by atoms with Crippen LogP contribution in [-0.4, -0.2) is 39.1 Å². The van der Waals surface area contributed by atoms with Crippen LogP contribution in [0, 0.1) is 5.92 Å². The highest BCUT2D eigenvalue weighted by Gasteiger charge is 2.30. The molecule has 0 radical (unpaired) electrons. The molecule has 0 bridgehead atoms. The zero-order valence-corrected chi connectivity index (χ0v) is 19.2. The van der Waals surface area contributed by atoms with Gasteiger partial charge < -0.3 is 15.2 Å². The first kappa shape index (κ1) is 23.9. The molecule has 9 nitrogen and oxygen atoms in total. The number of aliphatic carboxylic acids is 1. The van der Waals surface area contributed by atoms with Crippen molar-refractivity contribution >= 4 is 23.8 Å². The number of nitrogens with zero attached hydrogens (tertiary/aromatic N) is 2. The third-order valence-electron chi connectivity index (χ3n) is 5.76. The van der Waals surface area contributed by atoms with Gasteiger partial charge >= 0.3 is 12.1 Å². The van der Waals surface area contributed by atoms with Gasteiger partial charge in [0.15, 0.2) is 5.82 Å². The Bertz CT molecular complexity index is 1200. The number of benzene rings is 2. The number of rotatable bonds is 9. The van der Waals surface area contributed by atoms with Crippen molar-refractivity contribution in [1.29, 1.82) is 0 Å². The van der Waals surface area contributed by atoms with E-state index in [9.17, 15) is 19.5 Å². The van der Waals surface area contributed by atoms with Gasteiger partial charge in [0.2, 0.25) is 0 Å². The SMILES string of the molecule is CC(OC(=O)Nc1nccnc1-c1ccc(C(=O)NC(CC2CC2)C(=O)O)cc1)c1ccccc1. The van der Waals surface area contributed by atoms with Crippen LogP contribution >= 0.6 is 0 Å². The molecule has 2 unspecified atom stereocenters. The first-order chi connectivity index (χ1) is 16.9. The van der Waals surface area contributed by atoms with Gasteiger partial charge in [0, 0.05) is 23.5 Å². The van der Waals surface area contributed by atoms with Gasteiger partial charge in [-0.05, 0) is 37.0 Å². The second kappa shape index (κ2) is 10.8. The summed E-state index contributed by atoms with van der Waals surface area (Å²) in [5, 5.41) is 14.6. The lowest BCUT2D eigenvalue weighted by Gasteiger charge is -2.15. The molecule has 1 aliphatic carbocycles. The van der Waals surface area contributed by atoms with Crippen molar-refractivity contribution in [3.8, 4) is 11.3 Å². The van der Waals surface area contributed by atoms with Crippen molar-refractivity contribution in [2.75, 3.05) is 5.32 Å². The first-order valence-corrected chi connectivity index (χ1v) is 11.4. The second-order valence-corrected chi connectivity index (χ2v) is 8.46. The van der Waals surface area contributed by atoms with Crippen LogP contribution in [0.1, 0.15) is 48.2 Å². The van der Waals surface area contributed by atoms with Crippen molar-refractivity contribution in [3.05, 3.63) is 78.1 Å². The highest BCUT2D eigenvalue weighted by atomic mass is 16.6. The number of carboxylic acids is 1. The topological polar surface area (TPSA) is 131 Å². The molecule has 180 valence electrons. The van der Waals surface area contributed by atoms with E-state index in [0.29, 0.717) is 29.2 Å². The minimum atomic E-state index is -1.04. The number of hydrogen-bond donors (Lipinski definition) is 3. The molecule has 35 heavy (non-hydrogen) atoms. The molecule has 0 saturated heterocycles. The summed E-state index contributed by atoms with van der Waals surface area (Å²) in [5.74, 6) is -0.916. The summed E-state index contributed by atoms with van der Waals surface area (Å²) in [5.41, 5.74) is 2.21. The average molecular weight is 475 g/mol. The molecule has 3 N–H and O–H groups in total. The van der Waals surface area contributed by atoms with E-state index in [1.165, 1.54) is 12.4 Å². The smallest absolute Gasteiger partial charge is 0.413 e. The van der Waals surface area contributed by atoms with Crippen molar-refractivity contribution in [1.82, 2.24) is 15.3 Å². The van der Waals surface area contributed by atoms with Crippen LogP contribution < -0.4 is 10.6 Å². The van der Waals surface area contributed by atoms with E-state index in [0.717, 1.165) is 18.4 Å². The van der Waals surface area contributed by atoms with Gasteiger partial charge in [0.05, 0.1) is 0 Å². The summed E-state index contributed by atoms with van der Waals surface area (Å²) < 4.78 is 5.45. The number of aromatic nitrogens is 2. The highest BCUT2D eigenvalue weighted by molar-refractivity contribution is 5.97. The molecule has 1 aliphatic rings. The van der Waals surface area contributed by atoms with Crippen molar-refractivity contribution in [2.24, 2.45) is 5.92 Å². The maximum atomic E-state index is 12.6. The maximum absolute atomic E-state index is 12.6. The molecule has 2 aromatic carbocycles. The van der Waals surface area contributed by atoms with Crippen molar-refractivity contribution < 1.29 is 24.2 Å². The highest BCUT2D eigenvalue weighted by Crippen LogP contribution is 2.33. The summed E-state index contributed by atoms with van der Waals surface area (Å²) in [6.07, 6.45) is 4.26. The number of nitrogens with one attached hydrogen (secondary N) is 2. The Labute approximate surface area is 202 Å². The zero-order chi connectivity index (χ0) is 24.8. The molecule has 2 amide bonds. The first-order valence-electron chi connectivity index (χ1n) is 11.4. The van der Waals surface area contributed by atoms with Crippen LogP contribution in [0.3, 0.4) is 0 Å². The standard InChI is InChI=1S/C26H26N4O5/c1-16(18-5-3-2-4-6-18)35-26(34)30-23-22(27-13-14-28-23)19-9-11-20(12-10-19)24(31)29-21(25(32)33)15-17-7-8-17/h2-6,9-14,16-17,21H,7-8,15H2,1H3,(H,29,31)(H,32,33)(H,28,30,34). The molecule has 1 aromatic heterocycles. The Hall–Kier alpha value is -4.27. The summed E-state index contributed by atoms with van der Waals surface area (Å²) in [6.45, 7) is 1.77. The lowest BCUT2D eigenvalue weighted by atomic mass is 10.1. The maximum Gasteiger partial charge on any atom is 0.413 e. The lowest BCUT2D eigenvalue weighted by Crippen LogP contribution is -2.41. The van der Waals surface area contributed by atoms with E-state index in [2.05, 4.69) is 20.6 Å². The average Bonchev–Trinajstić information content (AvgIpc) is 3.68. The fourth-order valence-corrected chi connectivity index (χ4v) is 3.65. The molecule has 1 saturated carbocycles. The predicted octanol–water partition coefficient (Wildman–Crippen LogP) is 4.44. The van der Waals surface area contributed by atoms with Gasteiger partial charge in [0.1, 0.15) is 17.8 Å².